The number of aliphatic hydroxyl groups is 3. The van der Waals surface area contributed by atoms with E-state index in [1.807, 2.05) is 0 Å². The van der Waals surface area contributed by atoms with Gasteiger partial charge in [0.05, 0.1) is 24.6 Å². The lowest BCUT2D eigenvalue weighted by atomic mass is 9.77. The summed E-state index contributed by atoms with van der Waals surface area (Å²) < 4.78 is 1.77. The van der Waals surface area contributed by atoms with Gasteiger partial charge in [0.15, 0.2) is 11.5 Å². The molecule has 0 saturated heterocycles. The van der Waals surface area contributed by atoms with Gasteiger partial charge in [-0.05, 0) is 18.8 Å². The van der Waals surface area contributed by atoms with Crippen LogP contribution in [-0.2, 0) is 0 Å². The van der Waals surface area contributed by atoms with Gasteiger partial charge in [-0.3, -0.25) is 0 Å². The normalized spacial score (nSPS) is 38.3. The summed E-state index contributed by atoms with van der Waals surface area (Å²) in [5, 5.41) is 31.1. The van der Waals surface area contributed by atoms with Crippen molar-refractivity contribution < 1.29 is 15.3 Å². The molecule has 0 aromatic carbocycles. The van der Waals surface area contributed by atoms with Crippen molar-refractivity contribution in [2.45, 2.75) is 43.6 Å². The fraction of sp³-hybridized carbons (Fsp3) is 0.643. The number of rotatable bonds is 1. The molecule has 2 saturated carbocycles. The molecule has 2 aliphatic rings. The molecule has 8 nitrogen and oxygen atoms in total. The van der Waals surface area contributed by atoms with Crippen molar-refractivity contribution in [1.82, 2.24) is 19.5 Å². The van der Waals surface area contributed by atoms with E-state index in [2.05, 4.69) is 15.0 Å². The highest BCUT2D eigenvalue weighted by Gasteiger charge is 2.54. The number of nitrogens with two attached hydrogens (primary N) is 1. The lowest BCUT2D eigenvalue weighted by Gasteiger charge is -2.33. The van der Waals surface area contributed by atoms with Crippen LogP contribution in [0.2, 0.25) is 0 Å². The smallest absolute Gasteiger partial charge is 0.165 e. The highest BCUT2D eigenvalue weighted by Crippen LogP contribution is 2.49. The van der Waals surface area contributed by atoms with Gasteiger partial charge in [0.1, 0.15) is 17.9 Å². The van der Waals surface area contributed by atoms with Crippen molar-refractivity contribution in [3.8, 4) is 0 Å². The number of fused-ring (bicyclic) bond motifs is 2. The first-order valence-electron chi connectivity index (χ1n) is 7.57. The van der Waals surface area contributed by atoms with Crippen LogP contribution >= 0.6 is 0 Å². The Morgan fingerprint density at radius 3 is 2.73 bits per heavy atom. The monoisotopic (exact) mass is 305 g/mol. The minimum absolute atomic E-state index is 0.0117. The summed E-state index contributed by atoms with van der Waals surface area (Å²) >= 11 is 0. The third-order valence-electron chi connectivity index (χ3n) is 5.22. The Kier molecular flexibility index (Phi) is 3.07. The molecule has 2 heterocycles. The standard InChI is InChI=1S/C14H19N5O3/c15-13-9-14(17-4-16-13)19(5-18-9)10-6-2-1-3-7(20)8(6)11(21)12(10)22/h4-8,10-12,20-22H,1-3H2,(H2,15,16,17)/t6?,7?,8-,10-,11-,12+/m1/s1. The van der Waals surface area contributed by atoms with Crippen molar-refractivity contribution in [3.05, 3.63) is 12.7 Å². The first kappa shape index (κ1) is 13.9. The summed E-state index contributed by atoms with van der Waals surface area (Å²) in [5.41, 5.74) is 6.84. The van der Waals surface area contributed by atoms with Crippen LogP contribution in [0.1, 0.15) is 25.3 Å². The predicted octanol–water partition coefficient (Wildman–Crippen LogP) is -0.538. The van der Waals surface area contributed by atoms with Gasteiger partial charge < -0.3 is 25.6 Å². The van der Waals surface area contributed by atoms with Crippen molar-refractivity contribution in [3.63, 3.8) is 0 Å². The molecule has 118 valence electrons. The summed E-state index contributed by atoms with van der Waals surface area (Å²) in [6, 6.07) is -0.366. The van der Waals surface area contributed by atoms with E-state index >= 15 is 0 Å². The Hall–Kier alpha value is -1.77. The molecule has 4 rings (SSSR count). The summed E-state index contributed by atoms with van der Waals surface area (Å²) in [6.45, 7) is 0. The third kappa shape index (κ3) is 1.77. The molecule has 2 aromatic rings. The minimum Gasteiger partial charge on any atom is -0.393 e. The summed E-state index contributed by atoms with van der Waals surface area (Å²) in [6.07, 6.45) is 2.85. The van der Waals surface area contributed by atoms with Crippen LogP contribution in [0.5, 0.6) is 0 Å². The lowest BCUT2D eigenvalue weighted by molar-refractivity contribution is -0.0407. The van der Waals surface area contributed by atoms with Crippen molar-refractivity contribution in [2.24, 2.45) is 11.8 Å². The number of hydrogen-bond donors (Lipinski definition) is 4. The number of aromatic nitrogens is 4. The molecule has 0 spiro atoms. The van der Waals surface area contributed by atoms with Gasteiger partial charge in [-0.1, -0.05) is 6.42 Å². The quantitative estimate of drug-likeness (QED) is 0.556. The molecule has 0 radical (unpaired) electrons. The topological polar surface area (TPSA) is 130 Å². The molecule has 0 aliphatic heterocycles. The van der Waals surface area contributed by atoms with E-state index in [4.69, 9.17) is 5.73 Å². The van der Waals surface area contributed by atoms with Gasteiger partial charge in [-0.15, -0.1) is 0 Å². The highest BCUT2D eigenvalue weighted by molar-refractivity contribution is 5.81. The molecule has 2 aliphatic carbocycles. The average molecular weight is 305 g/mol. The zero-order valence-corrected chi connectivity index (χ0v) is 11.9. The van der Waals surface area contributed by atoms with Crippen molar-refractivity contribution >= 4 is 17.0 Å². The average Bonchev–Trinajstić information content (AvgIpc) is 3.02. The Morgan fingerprint density at radius 1 is 1.09 bits per heavy atom. The van der Waals surface area contributed by atoms with Crippen molar-refractivity contribution in [1.29, 1.82) is 0 Å². The van der Waals surface area contributed by atoms with E-state index in [0.717, 1.165) is 12.8 Å². The second-order valence-electron chi connectivity index (χ2n) is 6.29. The van der Waals surface area contributed by atoms with Crippen LogP contribution < -0.4 is 5.73 Å². The van der Waals surface area contributed by atoms with Gasteiger partial charge in [0.2, 0.25) is 0 Å². The van der Waals surface area contributed by atoms with Crippen LogP contribution in [0.3, 0.4) is 0 Å². The maximum atomic E-state index is 10.5. The fourth-order valence-corrected chi connectivity index (χ4v) is 4.25. The molecule has 0 amide bonds. The van der Waals surface area contributed by atoms with E-state index in [1.165, 1.54) is 6.33 Å². The summed E-state index contributed by atoms with van der Waals surface area (Å²) in [4.78, 5) is 12.4. The fourth-order valence-electron chi connectivity index (χ4n) is 4.25. The number of imidazole rings is 1. The first-order chi connectivity index (χ1) is 10.6. The molecular weight excluding hydrogens is 286 g/mol. The number of anilines is 1. The molecule has 6 atom stereocenters. The number of nitrogen functional groups attached to an aromatic ring is 1. The number of hydrogen-bond acceptors (Lipinski definition) is 7. The lowest BCUT2D eigenvalue weighted by Crippen LogP contribution is -2.37. The van der Waals surface area contributed by atoms with Crippen LogP contribution in [0.4, 0.5) is 5.82 Å². The molecule has 8 heteroatoms. The first-order valence-corrected chi connectivity index (χ1v) is 7.57. The van der Waals surface area contributed by atoms with E-state index in [-0.39, 0.29) is 23.7 Å². The summed E-state index contributed by atoms with van der Waals surface area (Å²) in [7, 11) is 0. The van der Waals surface area contributed by atoms with Crippen LogP contribution in [0.15, 0.2) is 12.7 Å². The van der Waals surface area contributed by atoms with Crippen LogP contribution in [-0.4, -0.2) is 53.2 Å². The zero-order chi connectivity index (χ0) is 15.4. The molecule has 5 N–H and O–H groups in total. The molecule has 2 fully saturated rings. The van der Waals surface area contributed by atoms with Gasteiger partial charge in [-0.25, -0.2) is 15.0 Å². The molecule has 22 heavy (non-hydrogen) atoms. The molecule has 0 bridgehead atoms. The van der Waals surface area contributed by atoms with Gasteiger partial charge in [0.25, 0.3) is 0 Å². The number of aliphatic hydroxyl groups excluding tert-OH is 3. The zero-order valence-electron chi connectivity index (χ0n) is 11.9. The second-order valence-corrected chi connectivity index (χ2v) is 6.29. The van der Waals surface area contributed by atoms with Crippen molar-refractivity contribution in [2.75, 3.05) is 5.73 Å². The van der Waals surface area contributed by atoms with E-state index in [0.29, 0.717) is 17.6 Å². The van der Waals surface area contributed by atoms with E-state index < -0.39 is 18.3 Å². The minimum atomic E-state index is -0.962. The van der Waals surface area contributed by atoms with Crippen LogP contribution in [0.25, 0.3) is 11.2 Å². The van der Waals surface area contributed by atoms with Gasteiger partial charge >= 0.3 is 0 Å². The summed E-state index contributed by atoms with van der Waals surface area (Å²) in [5.74, 6) is -0.0373. The maximum Gasteiger partial charge on any atom is 0.165 e. The number of nitrogens with zero attached hydrogens (tertiary/aromatic N) is 4. The molecule has 2 unspecified atom stereocenters. The van der Waals surface area contributed by atoms with Crippen LogP contribution in [0, 0.1) is 11.8 Å². The second kappa shape index (κ2) is 4.87. The van der Waals surface area contributed by atoms with E-state index in [9.17, 15) is 15.3 Å². The highest BCUT2D eigenvalue weighted by atomic mass is 16.3. The predicted molar refractivity (Wildman–Crippen MR) is 77.6 cm³/mol. The molecule has 2 aromatic heterocycles. The largest absolute Gasteiger partial charge is 0.393 e. The van der Waals surface area contributed by atoms with Gasteiger partial charge in [-0.2, -0.15) is 0 Å². The Bertz CT molecular complexity index is 705. The molecular formula is C14H19N5O3. The Morgan fingerprint density at radius 2 is 1.91 bits per heavy atom. The Labute approximate surface area is 126 Å². The maximum absolute atomic E-state index is 10.5. The Balaban J connectivity index is 1.82. The SMILES string of the molecule is Nc1ncnc2c1ncn2[C@@H]1C2CCCC(O)[C@@H]2[C@@H](O)[C@H]1O. The van der Waals surface area contributed by atoms with E-state index in [1.54, 1.807) is 10.9 Å². The van der Waals surface area contributed by atoms with Gasteiger partial charge in [0, 0.05) is 5.92 Å². The third-order valence-corrected chi connectivity index (χ3v) is 5.22.